The van der Waals surface area contributed by atoms with Crippen molar-refractivity contribution in [1.29, 1.82) is 0 Å². The lowest BCUT2D eigenvalue weighted by Gasteiger charge is -2.06. The predicted octanol–water partition coefficient (Wildman–Crippen LogP) is 0.745. The second-order valence-corrected chi connectivity index (χ2v) is 3.92. The van der Waals surface area contributed by atoms with E-state index in [1.165, 1.54) is 0 Å². The molecule has 0 aliphatic carbocycles. The molecule has 6 heteroatoms. The highest BCUT2D eigenvalue weighted by atomic mass is 79.9. The molecule has 0 amide bonds. The lowest BCUT2D eigenvalue weighted by Crippen LogP contribution is -2.17. The standard InChI is InChI=1S/C9H11BrN4O/c1-11-4-6(15)8-9(10)14-5-12-3-2-7(14)13-8/h2-3,5-6,11,15H,4H2,1H3. The van der Waals surface area contributed by atoms with Crippen molar-refractivity contribution in [3.05, 3.63) is 28.9 Å². The molecule has 0 saturated carbocycles. The number of nitrogens with one attached hydrogen (secondary N) is 1. The molecule has 0 saturated heterocycles. The van der Waals surface area contributed by atoms with E-state index in [1.54, 1.807) is 30.0 Å². The number of aliphatic hydroxyl groups is 1. The molecular weight excluding hydrogens is 260 g/mol. The maximum absolute atomic E-state index is 9.81. The first-order valence-corrected chi connectivity index (χ1v) is 5.33. The Kier molecular flexibility index (Phi) is 2.99. The number of aromatic nitrogens is 3. The number of nitrogens with zero attached hydrogens (tertiary/aromatic N) is 3. The summed E-state index contributed by atoms with van der Waals surface area (Å²) >= 11 is 3.40. The number of rotatable bonds is 3. The third kappa shape index (κ3) is 1.88. The third-order valence-corrected chi connectivity index (χ3v) is 2.90. The maximum Gasteiger partial charge on any atom is 0.140 e. The van der Waals surface area contributed by atoms with Crippen molar-refractivity contribution in [3.63, 3.8) is 0 Å². The molecule has 0 radical (unpaired) electrons. The van der Waals surface area contributed by atoms with Gasteiger partial charge in [0.1, 0.15) is 28.4 Å². The van der Waals surface area contributed by atoms with E-state index in [4.69, 9.17) is 0 Å². The summed E-state index contributed by atoms with van der Waals surface area (Å²) in [7, 11) is 1.79. The molecule has 5 nitrogen and oxygen atoms in total. The van der Waals surface area contributed by atoms with Gasteiger partial charge >= 0.3 is 0 Å². The van der Waals surface area contributed by atoms with Crippen LogP contribution >= 0.6 is 15.9 Å². The van der Waals surface area contributed by atoms with E-state index in [9.17, 15) is 5.11 Å². The van der Waals surface area contributed by atoms with Crippen LogP contribution in [-0.4, -0.2) is 33.1 Å². The quantitative estimate of drug-likeness (QED) is 0.864. The molecule has 2 N–H and O–H groups in total. The van der Waals surface area contributed by atoms with Crippen LogP contribution in [0.1, 0.15) is 11.8 Å². The fourth-order valence-corrected chi connectivity index (χ4v) is 2.02. The smallest absolute Gasteiger partial charge is 0.140 e. The Hall–Kier alpha value is -0.980. The molecule has 1 unspecified atom stereocenters. The van der Waals surface area contributed by atoms with E-state index in [1.807, 2.05) is 0 Å². The molecule has 0 spiro atoms. The van der Waals surface area contributed by atoms with E-state index in [0.29, 0.717) is 12.2 Å². The first-order valence-electron chi connectivity index (χ1n) is 4.54. The minimum absolute atomic E-state index is 0.468. The molecule has 0 aromatic carbocycles. The largest absolute Gasteiger partial charge is 0.385 e. The molecule has 80 valence electrons. The molecule has 0 fully saturated rings. The Labute approximate surface area is 95.3 Å². The number of hydrogen-bond donors (Lipinski definition) is 2. The number of imidazole rings is 1. The van der Waals surface area contributed by atoms with Gasteiger partial charge in [-0.1, -0.05) is 0 Å². The van der Waals surface area contributed by atoms with E-state index >= 15 is 0 Å². The van der Waals surface area contributed by atoms with Crippen LogP contribution in [0.5, 0.6) is 0 Å². The number of hydrogen-bond acceptors (Lipinski definition) is 4. The van der Waals surface area contributed by atoms with Crippen LogP contribution in [0.4, 0.5) is 0 Å². The summed E-state index contributed by atoms with van der Waals surface area (Å²) in [5.74, 6) is 0. The zero-order valence-corrected chi connectivity index (χ0v) is 9.77. The summed E-state index contributed by atoms with van der Waals surface area (Å²) in [6.45, 7) is 0.468. The highest BCUT2D eigenvalue weighted by Crippen LogP contribution is 2.23. The average molecular weight is 271 g/mol. The molecule has 1 atom stereocenters. The zero-order chi connectivity index (χ0) is 10.8. The molecule has 0 bridgehead atoms. The van der Waals surface area contributed by atoms with Gasteiger partial charge in [-0.2, -0.15) is 0 Å². The number of aliphatic hydroxyl groups excluding tert-OH is 1. The average Bonchev–Trinajstić information content (AvgIpc) is 2.57. The molecular formula is C9H11BrN4O. The van der Waals surface area contributed by atoms with Crippen LogP contribution in [0.15, 0.2) is 23.2 Å². The van der Waals surface area contributed by atoms with Crippen LogP contribution in [0.3, 0.4) is 0 Å². The van der Waals surface area contributed by atoms with Crippen LogP contribution in [0.2, 0.25) is 0 Å². The number of fused-ring (bicyclic) bond motifs is 1. The number of likely N-dealkylation sites (N-methyl/N-ethyl adjacent to an activating group) is 1. The van der Waals surface area contributed by atoms with Crippen molar-refractivity contribution in [2.24, 2.45) is 0 Å². The van der Waals surface area contributed by atoms with Crippen LogP contribution < -0.4 is 5.32 Å². The molecule has 15 heavy (non-hydrogen) atoms. The van der Waals surface area contributed by atoms with Crippen molar-refractivity contribution in [2.75, 3.05) is 13.6 Å². The second-order valence-electron chi connectivity index (χ2n) is 3.17. The normalized spacial score (nSPS) is 13.3. The zero-order valence-electron chi connectivity index (χ0n) is 8.18. The topological polar surface area (TPSA) is 62.5 Å². The Morgan fingerprint density at radius 2 is 2.47 bits per heavy atom. The van der Waals surface area contributed by atoms with E-state index in [2.05, 4.69) is 31.2 Å². The van der Waals surface area contributed by atoms with Gasteiger partial charge in [-0.15, -0.1) is 0 Å². The SMILES string of the molecule is CNCC(O)c1nc2ccncn2c1Br. The molecule has 2 rings (SSSR count). The first-order chi connectivity index (χ1) is 7.24. The van der Waals surface area contributed by atoms with Gasteiger partial charge in [-0.25, -0.2) is 9.97 Å². The van der Waals surface area contributed by atoms with Crippen LogP contribution in [-0.2, 0) is 0 Å². The summed E-state index contributed by atoms with van der Waals surface area (Å²) in [5, 5.41) is 12.7. The fraction of sp³-hybridized carbons (Fsp3) is 0.333. The third-order valence-electron chi connectivity index (χ3n) is 2.11. The maximum atomic E-state index is 9.81. The highest BCUT2D eigenvalue weighted by molar-refractivity contribution is 9.10. The van der Waals surface area contributed by atoms with Crippen molar-refractivity contribution in [2.45, 2.75) is 6.10 Å². The van der Waals surface area contributed by atoms with E-state index < -0.39 is 6.10 Å². The van der Waals surface area contributed by atoms with E-state index in [0.717, 1.165) is 10.3 Å². The van der Waals surface area contributed by atoms with Gasteiger partial charge in [0.15, 0.2) is 0 Å². The van der Waals surface area contributed by atoms with Crippen molar-refractivity contribution < 1.29 is 5.11 Å². The van der Waals surface area contributed by atoms with Gasteiger partial charge in [0.05, 0.1) is 0 Å². The summed E-state index contributed by atoms with van der Waals surface area (Å²) in [4.78, 5) is 8.30. The summed E-state index contributed by atoms with van der Waals surface area (Å²) < 4.78 is 2.53. The van der Waals surface area contributed by atoms with Gasteiger partial charge in [0, 0.05) is 12.7 Å². The van der Waals surface area contributed by atoms with E-state index in [-0.39, 0.29) is 0 Å². The Balaban J connectivity index is 2.48. The predicted molar refractivity (Wildman–Crippen MR) is 59.6 cm³/mol. The monoisotopic (exact) mass is 270 g/mol. The fourth-order valence-electron chi connectivity index (χ4n) is 1.39. The summed E-state index contributed by atoms with van der Waals surface area (Å²) in [5.41, 5.74) is 1.39. The molecule has 2 aromatic heterocycles. The van der Waals surface area contributed by atoms with Crippen molar-refractivity contribution in [3.8, 4) is 0 Å². The van der Waals surface area contributed by atoms with Gasteiger partial charge in [0.2, 0.25) is 0 Å². The summed E-state index contributed by atoms with van der Waals surface area (Å²) in [6, 6.07) is 1.79. The summed E-state index contributed by atoms with van der Waals surface area (Å²) in [6.07, 6.45) is 2.70. The van der Waals surface area contributed by atoms with Crippen LogP contribution in [0, 0.1) is 0 Å². The minimum atomic E-state index is -0.621. The lowest BCUT2D eigenvalue weighted by atomic mass is 10.3. The van der Waals surface area contributed by atoms with Crippen LogP contribution in [0.25, 0.3) is 5.65 Å². The number of halogens is 1. The second kappa shape index (κ2) is 4.26. The first kappa shape index (κ1) is 10.5. The minimum Gasteiger partial charge on any atom is -0.385 e. The van der Waals surface area contributed by atoms with Gasteiger partial charge in [-0.05, 0) is 29.0 Å². The Morgan fingerprint density at radius 3 is 3.13 bits per heavy atom. The van der Waals surface area contributed by atoms with Crippen molar-refractivity contribution in [1.82, 2.24) is 19.7 Å². The molecule has 0 aliphatic rings. The highest BCUT2D eigenvalue weighted by Gasteiger charge is 2.16. The Bertz CT molecular complexity index is 470. The molecule has 0 aliphatic heterocycles. The molecule has 2 heterocycles. The van der Waals surface area contributed by atoms with Gasteiger partial charge in [0.25, 0.3) is 0 Å². The Morgan fingerprint density at radius 1 is 1.67 bits per heavy atom. The van der Waals surface area contributed by atoms with Gasteiger partial charge in [-0.3, -0.25) is 4.40 Å². The van der Waals surface area contributed by atoms with Crippen molar-refractivity contribution >= 4 is 21.6 Å². The molecule has 2 aromatic rings. The van der Waals surface area contributed by atoms with Gasteiger partial charge < -0.3 is 10.4 Å². The lowest BCUT2D eigenvalue weighted by molar-refractivity contribution is 0.173.